The molecule has 0 saturated carbocycles. The number of nitrogens with zero attached hydrogens (tertiary/aromatic N) is 1. The smallest absolute Gasteiger partial charge is 0.0831 e. The maximum atomic E-state index is 9.79. The first kappa shape index (κ1) is 9.09. The van der Waals surface area contributed by atoms with Gasteiger partial charge in [-0.2, -0.15) is 0 Å². The average molecular weight is 198 g/mol. The highest BCUT2D eigenvalue weighted by Crippen LogP contribution is 2.28. The normalized spacial score (nSPS) is 48.6. The van der Waals surface area contributed by atoms with Crippen molar-refractivity contribution in [1.82, 2.24) is 10.2 Å². The summed E-state index contributed by atoms with van der Waals surface area (Å²) in [5.41, 5.74) is 0. The topological polar surface area (TPSA) is 44.7 Å². The predicted octanol–water partition coefficient (Wildman–Crippen LogP) is -0.818. The molecule has 3 fully saturated rings. The number of ether oxygens (including phenoxy) is 1. The Morgan fingerprint density at radius 1 is 1.14 bits per heavy atom. The molecule has 0 aliphatic carbocycles. The van der Waals surface area contributed by atoms with Crippen LogP contribution in [0.3, 0.4) is 0 Å². The van der Waals surface area contributed by atoms with E-state index in [-0.39, 0.29) is 6.10 Å². The molecule has 4 nitrogen and oxygen atoms in total. The second-order valence-electron chi connectivity index (χ2n) is 4.70. The average Bonchev–Trinajstić information content (AvgIpc) is 2.73. The molecule has 0 spiro atoms. The number of hydrogen-bond donors (Lipinski definition) is 2. The number of β-amino-alcohol motifs (C(OH)–C–C–N with tert-alkyl or cyclic N) is 1. The molecule has 0 aromatic rings. The maximum Gasteiger partial charge on any atom is 0.0831 e. The fourth-order valence-electron chi connectivity index (χ4n) is 2.94. The molecule has 3 heterocycles. The van der Waals surface area contributed by atoms with Gasteiger partial charge in [0.05, 0.1) is 18.3 Å². The number of aliphatic hydroxyl groups excluding tert-OH is 1. The van der Waals surface area contributed by atoms with E-state index in [0.29, 0.717) is 18.2 Å². The molecule has 14 heavy (non-hydrogen) atoms. The molecule has 2 N–H and O–H groups in total. The van der Waals surface area contributed by atoms with Crippen molar-refractivity contribution in [1.29, 1.82) is 0 Å². The third-order valence-corrected chi connectivity index (χ3v) is 3.69. The SMILES string of the molecule is O[C@@H]1CNC[C@H]1N1CC2CCC(C1)O2. The van der Waals surface area contributed by atoms with Crippen LogP contribution in [0.1, 0.15) is 12.8 Å². The summed E-state index contributed by atoms with van der Waals surface area (Å²) in [4.78, 5) is 2.41. The molecule has 80 valence electrons. The third kappa shape index (κ3) is 1.46. The highest BCUT2D eigenvalue weighted by Gasteiger charge is 2.39. The molecule has 4 heteroatoms. The van der Waals surface area contributed by atoms with Gasteiger partial charge in [0.25, 0.3) is 0 Å². The predicted molar refractivity (Wildman–Crippen MR) is 52.1 cm³/mol. The Bertz CT molecular complexity index is 212. The van der Waals surface area contributed by atoms with E-state index in [0.717, 1.165) is 26.2 Å². The van der Waals surface area contributed by atoms with Gasteiger partial charge in [-0.15, -0.1) is 0 Å². The number of fused-ring (bicyclic) bond motifs is 2. The number of likely N-dealkylation sites (tertiary alicyclic amines) is 1. The first-order valence-corrected chi connectivity index (χ1v) is 5.61. The van der Waals surface area contributed by atoms with Gasteiger partial charge in [0.15, 0.2) is 0 Å². The lowest BCUT2D eigenvalue weighted by atomic mass is 10.1. The van der Waals surface area contributed by atoms with E-state index in [2.05, 4.69) is 10.2 Å². The maximum absolute atomic E-state index is 9.79. The molecule has 3 rings (SSSR count). The number of rotatable bonds is 1. The van der Waals surface area contributed by atoms with Gasteiger partial charge in [0.2, 0.25) is 0 Å². The summed E-state index contributed by atoms with van der Waals surface area (Å²) in [7, 11) is 0. The molecule has 0 radical (unpaired) electrons. The largest absolute Gasteiger partial charge is 0.390 e. The van der Waals surface area contributed by atoms with Gasteiger partial charge in [-0.3, -0.25) is 4.90 Å². The van der Waals surface area contributed by atoms with E-state index >= 15 is 0 Å². The van der Waals surface area contributed by atoms with Crippen LogP contribution >= 0.6 is 0 Å². The third-order valence-electron chi connectivity index (χ3n) is 3.69. The quantitative estimate of drug-likeness (QED) is 0.578. The molecule has 0 aromatic carbocycles. The lowest BCUT2D eigenvalue weighted by molar-refractivity contribution is -0.0637. The highest BCUT2D eigenvalue weighted by atomic mass is 16.5. The second-order valence-corrected chi connectivity index (χ2v) is 4.70. The van der Waals surface area contributed by atoms with Crippen molar-refractivity contribution in [3.05, 3.63) is 0 Å². The van der Waals surface area contributed by atoms with Crippen molar-refractivity contribution in [2.45, 2.75) is 37.2 Å². The van der Waals surface area contributed by atoms with Crippen molar-refractivity contribution in [3.63, 3.8) is 0 Å². The summed E-state index contributed by atoms with van der Waals surface area (Å²) in [5.74, 6) is 0. The summed E-state index contributed by atoms with van der Waals surface area (Å²) >= 11 is 0. The van der Waals surface area contributed by atoms with Crippen molar-refractivity contribution in [2.75, 3.05) is 26.2 Å². The lowest BCUT2D eigenvalue weighted by Crippen LogP contribution is -2.52. The zero-order valence-electron chi connectivity index (χ0n) is 8.35. The van der Waals surface area contributed by atoms with Crippen molar-refractivity contribution in [3.8, 4) is 0 Å². The minimum Gasteiger partial charge on any atom is -0.390 e. The summed E-state index contributed by atoms with van der Waals surface area (Å²) in [6.07, 6.45) is 3.09. The van der Waals surface area contributed by atoms with Gasteiger partial charge in [0, 0.05) is 32.2 Å². The monoisotopic (exact) mass is 198 g/mol. The van der Waals surface area contributed by atoms with E-state index in [1.165, 1.54) is 12.8 Å². The molecule has 0 amide bonds. The van der Waals surface area contributed by atoms with Crippen LogP contribution in [0, 0.1) is 0 Å². The second kappa shape index (κ2) is 3.45. The molecule has 0 aromatic heterocycles. The van der Waals surface area contributed by atoms with Gasteiger partial charge in [-0.1, -0.05) is 0 Å². The van der Waals surface area contributed by atoms with Crippen molar-refractivity contribution >= 4 is 0 Å². The summed E-state index contributed by atoms with van der Waals surface area (Å²) in [6, 6.07) is 0.321. The van der Waals surface area contributed by atoms with Crippen LogP contribution in [-0.2, 0) is 4.74 Å². The number of aliphatic hydroxyl groups is 1. The molecule has 2 unspecified atom stereocenters. The molecule has 3 aliphatic rings. The Balaban J connectivity index is 1.67. The van der Waals surface area contributed by atoms with Crippen LogP contribution in [0.15, 0.2) is 0 Å². The Morgan fingerprint density at radius 3 is 2.43 bits per heavy atom. The van der Waals surface area contributed by atoms with Crippen LogP contribution in [0.25, 0.3) is 0 Å². The van der Waals surface area contributed by atoms with Crippen LogP contribution in [0.2, 0.25) is 0 Å². The van der Waals surface area contributed by atoms with Gasteiger partial charge >= 0.3 is 0 Å². The van der Waals surface area contributed by atoms with Crippen LogP contribution < -0.4 is 5.32 Å². The molecular weight excluding hydrogens is 180 g/mol. The summed E-state index contributed by atoms with van der Waals surface area (Å²) in [5, 5.41) is 13.0. The molecule has 3 saturated heterocycles. The van der Waals surface area contributed by atoms with E-state index in [9.17, 15) is 5.11 Å². The Morgan fingerprint density at radius 2 is 1.86 bits per heavy atom. The molecular formula is C10H18N2O2. The van der Waals surface area contributed by atoms with E-state index in [4.69, 9.17) is 4.74 Å². The number of morpholine rings is 1. The lowest BCUT2D eigenvalue weighted by Gasteiger charge is -2.37. The summed E-state index contributed by atoms with van der Waals surface area (Å²) in [6.45, 7) is 3.71. The van der Waals surface area contributed by atoms with Gasteiger partial charge in [0.1, 0.15) is 0 Å². The van der Waals surface area contributed by atoms with Gasteiger partial charge in [-0.05, 0) is 12.8 Å². The summed E-state index contributed by atoms with van der Waals surface area (Å²) < 4.78 is 5.78. The first-order chi connectivity index (χ1) is 6.83. The Labute approximate surface area is 84.2 Å². The minimum atomic E-state index is -0.188. The van der Waals surface area contributed by atoms with Crippen LogP contribution in [0.5, 0.6) is 0 Å². The fraction of sp³-hybridized carbons (Fsp3) is 1.00. The zero-order valence-corrected chi connectivity index (χ0v) is 8.35. The first-order valence-electron chi connectivity index (χ1n) is 5.61. The fourth-order valence-corrected chi connectivity index (χ4v) is 2.94. The standard InChI is InChI=1S/C10H18N2O2/c13-10-4-11-3-9(10)12-5-7-1-2-8(6-12)14-7/h7-11,13H,1-6H2/t7?,8?,9-,10-/m1/s1. The molecule has 3 aliphatic heterocycles. The molecule has 4 atom stereocenters. The number of nitrogens with one attached hydrogen (secondary N) is 1. The van der Waals surface area contributed by atoms with Gasteiger partial charge < -0.3 is 15.2 Å². The number of hydrogen-bond acceptors (Lipinski definition) is 4. The minimum absolute atomic E-state index is 0.188. The van der Waals surface area contributed by atoms with Crippen LogP contribution in [-0.4, -0.2) is 60.5 Å². The van der Waals surface area contributed by atoms with Crippen molar-refractivity contribution in [2.24, 2.45) is 0 Å². The van der Waals surface area contributed by atoms with Gasteiger partial charge in [-0.25, -0.2) is 0 Å². The van der Waals surface area contributed by atoms with Crippen LogP contribution in [0.4, 0.5) is 0 Å². The Kier molecular flexibility index (Phi) is 2.24. The molecule has 2 bridgehead atoms. The zero-order chi connectivity index (χ0) is 9.54. The highest BCUT2D eigenvalue weighted by molar-refractivity contribution is 4.94. The van der Waals surface area contributed by atoms with E-state index < -0.39 is 0 Å². The Hall–Kier alpha value is -0.160. The van der Waals surface area contributed by atoms with Crippen molar-refractivity contribution < 1.29 is 9.84 Å². The van der Waals surface area contributed by atoms with E-state index in [1.54, 1.807) is 0 Å². The van der Waals surface area contributed by atoms with E-state index in [1.807, 2.05) is 0 Å².